The van der Waals surface area contributed by atoms with Gasteiger partial charge in [-0.2, -0.15) is 0 Å². The fourth-order valence-corrected chi connectivity index (χ4v) is 4.50. The van der Waals surface area contributed by atoms with E-state index in [-0.39, 0.29) is 5.91 Å². The molecule has 3 aromatic carbocycles. The van der Waals surface area contributed by atoms with E-state index in [4.69, 9.17) is 9.47 Å². The number of benzene rings is 3. The van der Waals surface area contributed by atoms with Crippen LogP contribution in [-0.4, -0.2) is 40.1 Å². The Morgan fingerprint density at radius 1 is 0.971 bits per heavy atom. The van der Waals surface area contributed by atoms with Crippen molar-refractivity contribution in [2.45, 2.75) is 31.2 Å². The van der Waals surface area contributed by atoms with Crippen molar-refractivity contribution in [1.29, 1.82) is 0 Å². The number of anilines is 1. The molecule has 8 heteroatoms. The monoisotopic (exact) mass is 488 g/mol. The predicted octanol–water partition coefficient (Wildman–Crippen LogP) is 5.69. The smallest absolute Gasteiger partial charge is 0.237 e. The molecule has 35 heavy (non-hydrogen) atoms. The third-order valence-electron chi connectivity index (χ3n) is 5.61. The van der Waals surface area contributed by atoms with Crippen molar-refractivity contribution < 1.29 is 14.3 Å². The van der Waals surface area contributed by atoms with Gasteiger partial charge in [0.05, 0.1) is 30.7 Å². The highest BCUT2D eigenvalue weighted by Crippen LogP contribution is 2.35. The topological polar surface area (TPSA) is 78.3 Å². The summed E-state index contributed by atoms with van der Waals surface area (Å²) in [5.41, 5.74) is 4.57. The van der Waals surface area contributed by atoms with E-state index >= 15 is 0 Å². The van der Waals surface area contributed by atoms with E-state index in [0.29, 0.717) is 16.7 Å². The minimum atomic E-state index is -0.415. The first kappa shape index (κ1) is 24.3. The number of nitrogens with one attached hydrogen (secondary N) is 1. The number of thioether (sulfide) groups is 1. The van der Waals surface area contributed by atoms with Gasteiger partial charge in [-0.05, 0) is 74.4 Å². The molecule has 0 aliphatic heterocycles. The van der Waals surface area contributed by atoms with Crippen molar-refractivity contribution in [3.05, 3.63) is 77.9 Å². The molecule has 1 heterocycles. The zero-order chi connectivity index (χ0) is 24.9. The van der Waals surface area contributed by atoms with Gasteiger partial charge in [0.1, 0.15) is 11.5 Å². The van der Waals surface area contributed by atoms with Gasteiger partial charge < -0.3 is 14.8 Å². The van der Waals surface area contributed by atoms with Gasteiger partial charge in [0.25, 0.3) is 0 Å². The number of ether oxygens (including phenoxy) is 2. The third kappa shape index (κ3) is 5.33. The summed E-state index contributed by atoms with van der Waals surface area (Å²) in [6, 6.07) is 21.3. The van der Waals surface area contributed by atoms with Crippen LogP contribution in [0, 0.1) is 13.8 Å². The molecule has 0 bridgehead atoms. The number of carbonyl (C=O) groups is 1. The van der Waals surface area contributed by atoms with E-state index in [9.17, 15) is 4.79 Å². The zero-order valence-electron chi connectivity index (χ0n) is 20.4. The van der Waals surface area contributed by atoms with Crippen LogP contribution in [-0.2, 0) is 4.79 Å². The van der Waals surface area contributed by atoms with E-state index in [1.807, 2.05) is 92.1 Å². The lowest BCUT2D eigenvalue weighted by Crippen LogP contribution is -2.23. The summed E-state index contributed by atoms with van der Waals surface area (Å²) in [5.74, 6) is 1.95. The Morgan fingerprint density at radius 3 is 2.43 bits per heavy atom. The summed E-state index contributed by atoms with van der Waals surface area (Å²) in [5, 5.41) is 12.2. The molecule has 1 atom stereocenters. The molecule has 0 saturated heterocycles. The number of nitrogens with zero attached hydrogens (tertiary/aromatic N) is 3. The standard InChI is InChI=1S/C27H28N4O3S/c1-17-10-11-18(2)23(16-17)28-26(32)19(3)35-27-30-29-25(22-8-6-7-9-24(22)34-5)31(27)20-12-14-21(33-4)15-13-20/h6-16,19H,1-5H3,(H,28,32). The maximum absolute atomic E-state index is 13.1. The Balaban J connectivity index is 1.69. The lowest BCUT2D eigenvalue weighted by molar-refractivity contribution is -0.115. The van der Waals surface area contributed by atoms with Crippen molar-refractivity contribution in [2.75, 3.05) is 19.5 Å². The minimum absolute atomic E-state index is 0.105. The molecule has 0 spiro atoms. The molecule has 1 N–H and O–H groups in total. The van der Waals surface area contributed by atoms with Crippen LogP contribution in [0.25, 0.3) is 17.1 Å². The first-order valence-corrected chi connectivity index (χ1v) is 12.1. The largest absolute Gasteiger partial charge is 0.497 e. The normalized spacial score (nSPS) is 11.7. The quantitative estimate of drug-likeness (QED) is 0.321. The number of para-hydroxylation sites is 1. The molecule has 4 aromatic rings. The highest BCUT2D eigenvalue weighted by molar-refractivity contribution is 8.00. The molecule has 0 aliphatic carbocycles. The fraction of sp³-hybridized carbons (Fsp3) is 0.222. The van der Waals surface area contributed by atoms with Crippen LogP contribution >= 0.6 is 11.8 Å². The van der Waals surface area contributed by atoms with Crippen molar-refractivity contribution in [3.63, 3.8) is 0 Å². The predicted molar refractivity (Wildman–Crippen MR) is 140 cm³/mol. The van der Waals surface area contributed by atoms with Crippen molar-refractivity contribution in [1.82, 2.24) is 14.8 Å². The van der Waals surface area contributed by atoms with Crippen LogP contribution in [0.5, 0.6) is 11.5 Å². The molecule has 0 fully saturated rings. The number of methoxy groups -OCH3 is 2. The Bertz CT molecular complexity index is 1330. The molecule has 7 nitrogen and oxygen atoms in total. The third-order valence-corrected chi connectivity index (χ3v) is 6.66. The van der Waals surface area contributed by atoms with E-state index in [1.54, 1.807) is 14.2 Å². The average molecular weight is 489 g/mol. The molecular formula is C27H28N4O3S. The molecule has 1 unspecified atom stereocenters. The molecule has 0 saturated carbocycles. The van der Waals surface area contributed by atoms with Crippen LogP contribution in [0.15, 0.2) is 71.9 Å². The first-order chi connectivity index (χ1) is 16.9. The maximum Gasteiger partial charge on any atom is 0.237 e. The summed E-state index contributed by atoms with van der Waals surface area (Å²) < 4.78 is 12.8. The summed E-state index contributed by atoms with van der Waals surface area (Å²) in [7, 11) is 3.26. The van der Waals surface area contributed by atoms with Gasteiger partial charge in [0, 0.05) is 5.69 Å². The summed E-state index contributed by atoms with van der Waals surface area (Å²) >= 11 is 1.35. The number of aryl methyl sites for hydroxylation is 2. The summed E-state index contributed by atoms with van der Waals surface area (Å²) in [4.78, 5) is 13.1. The van der Waals surface area contributed by atoms with Crippen LogP contribution in [0.2, 0.25) is 0 Å². The summed E-state index contributed by atoms with van der Waals surface area (Å²) in [6.45, 7) is 5.84. The lowest BCUT2D eigenvalue weighted by Gasteiger charge is -2.16. The molecular weight excluding hydrogens is 460 g/mol. The van der Waals surface area contributed by atoms with Crippen molar-refractivity contribution in [2.24, 2.45) is 0 Å². The molecule has 180 valence electrons. The van der Waals surface area contributed by atoms with Crippen molar-refractivity contribution >= 4 is 23.4 Å². The lowest BCUT2D eigenvalue weighted by atomic mass is 10.1. The van der Waals surface area contributed by atoms with Gasteiger partial charge in [-0.3, -0.25) is 9.36 Å². The number of amides is 1. The Hall–Kier alpha value is -3.78. The van der Waals surface area contributed by atoms with E-state index < -0.39 is 5.25 Å². The van der Waals surface area contributed by atoms with Gasteiger partial charge >= 0.3 is 0 Å². The highest BCUT2D eigenvalue weighted by atomic mass is 32.2. The van der Waals surface area contributed by atoms with Crippen LogP contribution < -0.4 is 14.8 Å². The summed E-state index contributed by atoms with van der Waals surface area (Å²) in [6.07, 6.45) is 0. The van der Waals surface area contributed by atoms with Crippen molar-refractivity contribution in [3.8, 4) is 28.6 Å². The van der Waals surface area contributed by atoms with Gasteiger partial charge in [-0.15, -0.1) is 10.2 Å². The number of rotatable bonds is 8. The zero-order valence-corrected chi connectivity index (χ0v) is 21.2. The van der Waals surface area contributed by atoms with E-state index in [1.165, 1.54) is 11.8 Å². The van der Waals surface area contributed by atoms with Crippen LogP contribution in [0.3, 0.4) is 0 Å². The number of carbonyl (C=O) groups excluding carboxylic acids is 1. The molecule has 0 radical (unpaired) electrons. The molecule has 1 amide bonds. The number of hydrogen-bond donors (Lipinski definition) is 1. The molecule has 4 rings (SSSR count). The van der Waals surface area contributed by atoms with Gasteiger partial charge in [-0.25, -0.2) is 0 Å². The van der Waals surface area contributed by atoms with Gasteiger partial charge in [0.2, 0.25) is 5.91 Å². The number of aromatic nitrogens is 3. The van der Waals surface area contributed by atoms with E-state index in [0.717, 1.165) is 33.8 Å². The second kappa shape index (κ2) is 10.7. The van der Waals surface area contributed by atoms with Crippen LogP contribution in [0.1, 0.15) is 18.1 Å². The minimum Gasteiger partial charge on any atom is -0.497 e. The molecule has 1 aromatic heterocycles. The van der Waals surface area contributed by atoms with Crippen LogP contribution in [0.4, 0.5) is 5.69 Å². The first-order valence-electron chi connectivity index (χ1n) is 11.2. The SMILES string of the molecule is COc1ccc(-n2c(SC(C)C(=O)Nc3cc(C)ccc3C)nnc2-c2ccccc2OC)cc1. The van der Waals surface area contributed by atoms with Gasteiger partial charge in [0.15, 0.2) is 11.0 Å². The van der Waals surface area contributed by atoms with E-state index in [2.05, 4.69) is 15.5 Å². The Kier molecular flexibility index (Phi) is 7.41. The highest BCUT2D eigenvalue weighted by Gasteiger charge is 2.23. The van der Waals surface area contributed by atoms with Gasteiger partial charge in [-0.1, -0.05) is 36.0 Å². The molecule has 0 aliphatic rings. The Morgan fingerprint density at radius 2 is 1.71 bits per heavy atom. The second-order valence-electron chi connectivity index (χ2n) is 8.11. The Labute approximate surface area is 209 Å². The fourth-order valence-electron chi connectivity index (χ4n) is 3.63. The number of hydrogen-bond acceptors (Lipinski definition) is 6. The maximum atomic E-state index is 13.1. The average Bonchev–Trinajstić information content (AvgIpc) is 3.29. The second-order valence-corrected chi connectivity index (χ2v) is 9.42.